The van der Waals surface area contributed by atoms with Crippen molar-refractivity contribution in [2.75, 3.05) is 13.2 Å². The molecule has 0 bridgehead atoms. The van der Waals surface area contributed by atoms with Gasteiger partial charge in [0.2, 0.25) is 0 Å². The number of aromatic nitrogens is 1. The lowest BCUT2D eigenvalue weighted by Crippen LogP contribution is -2.11. The number of fused-ring (bicyclic) bond motifs is 1. The van der Waals surface area contributed by atoms with Crippen molar-refractivity contribution >= 4 is 22.8 Å². The number of benzene rings is 1. The number of hydrogen-bond donors (Lipinski definition) is 1. The minimum atomic E-state index is -0.388. The normalized spacial score (nSPS) is 10.8. The molecule has 2 rings (SSSR count). The number of nitrogens with one attached hydrogen (secondary N) is 1. The molecule has 0 spiro atoms. The molecule has 1 N–H and O–H groups in total. The van der Waals surface area contributed by atoms with E-state index in [9.17, 15) is 14.0 Å². The molecule has 1 heterocycles. The van der Waals surface area contributed by atoms with Crippen LogP contribution < -0.4 is 0 Å². The summed E-state index contributed by atoms with van der Waals surface area (Å²) in [5, 5.41) is 0.644. The van der Waals surface area contributed by atoms with Gasteiger partial charge in [-0.25, -0.2) is 4.39 Å². The van der Waals surface area contributed by atoms with Crippen molar-refractivity contribution in [3.8, 4) is 0 Å². The van der Waals surface area contributed by atoms with E-state index in [-0.39, 0.29) is 30.6 Å². The zero-order valence-corrected chi connectivity index (χ0v) is 14.7. The molecular formula is C19H24FNO4. The molecule has 0 unspecified atom stereocenters. The Morgan fingerprint density at radius 1 is 1.08 bits per heavy atom. The Bertz CT molecular complexity index is 738. The van der Waals surface area contributed by atoms with Crippen LogP contribution in [0.15, 0.2) is 18.2 Å². The summed E-state index contributed by atoms with van der Waals surface area (Å²) in [6.45, 7) is 4.58. The van der Waals surface area contributed by atoms with Crippen LogP contribution >= 0.6 is 0 Å². The molecule has 25 heavy (non-hydrogen) atoms. The van der Waals surface area contributed by atoms with Gasteiger partial charge >= 0.3 is 11.9 Å². The maximum absolute atomic E-state index is 14.0. The summed E-state index contributed by atoms with van der Waals surface area (Å²) < 4.78 is 24.3. The van der Waals surface area contributed by atoms with Gasteiger partial charge in [-0.2, -0.15) is 0 Å². The fourth-order valence-corrected chi connectivity index (χ4v) is 2.63. The summed E-state index contributed by atoms with van der Waals surface area (Å²) in [4.78, 5) is 26.8. The number of esters is 2. The molecule has 0 radical (unpaired) electrons. The number of carbonyl (C=O) groups is 2. The van der Waals surface area contributed by atoms with E-state index in [4.69, 9.17) is 9.47 Å². The maximum Gasteiger partial charge on any atom is 0.310 e. The van der Waals surface area contributed by atoms with Gasteiger partial charge in [0.1, 0.15) is 5.82 Å². The number of hydrogen-bond acceptors (Lipinski definition) is 4. The number of rotatable bonds is 9. The highest BCUT2D eigenvalue weighted by Crippen LogP contribution is 2.26. The molecular weight excluding hydrogens is 325 g/mol. The number of aromatic amines is 1. The third-order valence-electron chi connectivity index (χ3n) is 3.81. The molecule has 1 aromatic carbocycles. The molecule has 0 atom stereocenters. The lowest BCUT2D eigenvalue weighted by Gasteiger charge is -2.06. The van der Waals surface area contributed by atoms with E-state index in [1.54, 1.807) is 12.1 Å². The monoisotopic (exact) mass is 349 g/mol. The first-order valence-electron chi connectivity index (χ1n) is 8.66. The largest absolute Gasteiger partial charge is 0.466 e. The summed E-state index contributed by atoms with van der Waals surface area (Å²) in [6.07, 6.45) is 2.07. The minimum absolute atomic E-state index is 0.0444. The third kappa shape index (κ3) is 5.05. The summed E-state index contributed by atoms with van der Waals surface area (Å²) in [5.74, 6) is -1.05. The fraction of sp³-hybridized carbons (Fsp3) is 0.474. The Morgan fingerprint density at radius 3 is 2.44 bits per heavy atom. The van der Waals surface area contributed by atoms with Crippen molar-refractivity contribution in [2.24, 2.45) is 0 Å². The molecule has 0 aliphatic carbocycles. The van der Waals surface area contributed by atoms with Crippen LogP contribution in [0.25, 0.3) is 10.9 Å². The molecule has 2 aromatic rings. The van der Waals surface area contributed by atoms with Gasteiger partial charge in [0.05, 0.1) is 31.6 Å². The van der Waals surface area contributed by atoms with E-state index in [1.807, 2.05) is 13.8 Å². The first-order valence-corrected chi connectivity index (χ1v) is 8.66. The fourth-order valence-electron chi connectivity index (χ4n) is 2.63. The van der Waals surface area contributed by atoms with Gasteiger partial charge in [0, 0.05) is 11.1 Å². The van der Waals surface area contributed by atoms with Crippen LogP contribution in [-0.2, 0) is 31.9 Å². The first kappa shape index (κ1) is 19.0. The molecule has 0 aliphatic rings. The highest BCUT2D eigenvalue weighted by molar-refractivity contribution is 5.89. The number of ether oxygens (including phenoxy) is 2. The summed E-state index contributed by atoms with van der Waals surface area (Å²) in [7, 11) is 0. The Labute approximate surface area is 146 Å². The topological polar surface area (TPSA) is 68.4 Å². The van der Waals surface area contributed by atoms with Crippen LogP contribution in [0.5, 0.6) is 0 Å². The van der Waals surface area contributed by atoms with Crippen molar-refractivity contribution in [2.45, 2.75) is 46.0 Å². The molecule has 0 saturated carbocycles. The quantitative estimate of drug-likeness (QED) is 0.701. The Balaban J connectivity index is 2.21. The van der Waals surface area contributed by atoms with Crippen LogP contribution in [0.3, 0.4) is 0 Å². The second-order valence-electron chi connectivity index (χ2n) is 5.86. The second kappa shape index (κ2) is 9.20. The van der Waals surface area contributed by atoms with E-state index in [0.717, 1.165) is 12.8 Å². The Kier molecular flexibility index (Phi) is 6.98. The predicted molar refractivity (Wildman–Crippen MR) is 92.8 cm³/mol. The Hall–Kier alpha value is -2.37. The molecule has 0 aliphatic heterocycles. The standard InChI is InChI=1S/C19H24FNO4/c1-3-10-24-17(22)9-8-16-14(12-18(23)25-11-4-2)13-6-5-7-15(20)19(13)21-16/h5-7,21H,3-4,8-12H2,1-2H3. The highest BCUT2D eigenvalue weighted by atomic mass is 19.1. The molecule has 5 nitrogen and oxygen atoms in total. The smallest absolute Gasteiger partial charge is 0.310 e. The average molecular weight is 349 g/mol. The molecule has 0 saturated heterocycles. The second-order valence-corrected chi connectivity index (χ2v) is 5.86. The number of H-pyrrole nitrogens is 1. The predicted octanol–water partition coefficient (Wildman–Crippen LogP) is 3.69. The van der Waals surface area contributed by atoms with Gasteiger partial charge < -0.3 is 14.5 Å². The number of halogens is 1. The summed E-state index contributed by atoms with van der Waals surface area (Å²) >= 11 is 0. The maximum atomic E-state index is 14.0. The molecule has 0 fully saturated rings. The van der Waals surface area contributed by atoms with Gasteiger partial charge in [-0.15, -0.1) is 0 Å². The van der Waals surface area contributed by atoms with Gasteiger partial charge in [-0.1, -0.05) is 26.0 Å². The van der Waals surface area contributed by atoms with Crippen molar-refractivity contribution in [3.05, 3.63) is 35.3 Å². The number of carbonyl (C=O) groups excluding carboxylic acids is 2. The van der Waals surface area contributed by atoms with Crippen LogP contribution in [0.4, 0.5) is 4.39 Å². The number of aryl methyl sites for hydroxylation is 1. The van der Waals surface area contributed by atoms with Crippen molar-refractivity contribution < 1.29 is 23.5 Å². The van der Waals surface area contributed by atoms with Crippen LogP contribution in [0.1, 0.15) is 44.4 Å². The molecule has 0 amide bonds. The highest BCUT2D eigenvalue weighted by Gasteiger charge is 2.18. The van der Waals surface area contributed by atoms with Crippen molar-refractivity contribution in [1.82, 2.24) is 4.98 Å². The molecule has 136 valence electrons. The summed E-state index contributed by atoms with van der Waals surface area (Å²) in [5.41, 5.74) is 1.69. The third-order valence-corrected chi connectivity index (χ3v) is 3.81. The first-order chi connectivity index (χ1) is 12.1. The van der Waals surface area contributed by atoms with Crippen LogP contribution in [-0.4, -0.2) is 30.1 Å². The zero-order chi connectivity index (χ0) is 18.2. The SMILES string of the molecule is CCCOC(=O)CCc1[nH]c2c(F)cccc2c1CC(=O)OCCC. The zero-order valence-electron chi connectivity index (χ0n) is 14.7. The van der Waals surface area contributed by atoms with Gasteiger partial charge in [0.15, 0.2) is 0 Å². The van der Waals surface area contributed by atoms with Crippen LogP contribution in [0.2, 0.25) is 0 Å². The average Bonchev–Trinajstić information content (AvgIpc) is 2.95. The van der Waals surface area contributed by atoms with E-state index in [0.29, 0.717) is 41.8 Å². The van der Waals surface area contributed by atoms with Gasteiger partial charge in [-0.05, 0) is 30.9 Å². The van der Waals surface area contributed by atoms with E-state index < -0.39 is 0 Å². The van der Waals surface area contributed by atoms with E-state index in [1.165, 1.54) is 6.07 Å². The van der Waals surface area contributed by atoms with Crippen LogP contribution in [0, 0.1) is 5.82 Å². The van der Waals surface area contributed by atoms with Gasteiger partial charge in [0.25, 0.3) is 0 Å². The van der Waals surface area contributed by atoms with Crippen molar-refractivity contribution in [1.29, 1.82) is 0 Å². The van der Waals surface area contributed by atoms with E-state index >= 15 is 0 Å². The lowest BCUT2D eigenvalue weighted by atomic mass is 10.0. The molecule has 1 aromatic heterocycles. The Morgan fingerprint density at radius 2 is 1.76 bits per heavy atom. The minimum Gasteiger partial charge on any atom is -0.466 e. The van der Waals surface area contributed by atoms with E-state index in [2.05, 4.69) is 4.98 Å². The summed E-state index contributed by atoms with van der Waals surface area (Å²) in [6, 6.07) is 4.72. The lowest BCUT2D eigenvalue weighted by molar-refractivity contribution is -0.144. The number of para-hydroxylation sites is 1. The molecule has 6 heteroatoms. The van der Waals surface area contributed by atoms with Crippen molar-refractivity contribution in [3.63, 3.8) is 0 Å². The van der Waals surface area contributed by atoms with Gasteiger partial charge in [-0.3, -0.25) is 9.59 Å².